The summed E-state index contributed by atoms with van der Waals surface area (Å²) in [6.45, 7) is 7.87. The van der Waals surface area contributed by atoms with E-state index in [1.165, 1.54) is 0 Å². The molecule has 162 valence electrons. The SMILES string of the molecule is C=C/C(C)=C/C1(C)SC(=O)C(C2(c3ccc(-c4ccc(C(=O)O)cc4)cc3)C=NC2)=C1O. The molecule has 2 N–H and O–H groups in total. The summed E-state index contributed by atoms with van der Waals surface area (Å²) >= 11 is 1.11. The second kappa shape index (κ2) is 7.95. The minimum Gasteiger partial charge on any atom is -0.510 e. The van der Waals surface area contributed by atoms with Crippen molar-refractivity contribution >= 4 is 29.1 Å². The molecule has 2 unspecified atom stereocenters. The number of aliphatic imine (C=N–C) groups is 1. The Bertz CT molecular complexity index is 1210. The summed E-state index contributed by atoms with van der Waals surface area (Å²) < 4.78 is -0.840. The summed E-state index contributed by atoms with van der Waals surface area (Å²) in [5.41, 5.74) is 3.44. The number of carbonyl (C=O) groups is 2. The fraction of sp³-hybridized carbons (Fsp3) is 0.192. The van der Waals surface area contributed by atoms with E-state index in [9.17, 15) is 14.7 Å². The number of aliphatic hydroxyl groups excluding tert-OH is 1. The van der Waals surface area contributed by atoms with Crippen molar-refractivity contribution in [3.8, 4) is 11.1 Å². The second-order valence-electron chi connectivity index (χ2n) is 8.21. The summed E-state index contributed by atoms with van der Waals surface area (Å²) in [6.07, 6.45) is 5.30. The Kier molecular flexibility index (Phi) is 5.42. The van der Waals surface area contributed by atoms with E-state index in [1.807, 2.05) is 44.2 Å². The third-order valence-electron chi connectivity index (χ3n) is 6.00. The number of rotatable bonds is 6. The van der Waals surface area contributed by atoms with Gasteiger partial charge in [-0.05, 0) is 42.7 Å². The van der Waals surface area contributed by atoms with Crippen LogP contribution in [0.4, 0.5) is 0 Å². The monoisotopic (exact) mass is 445 g/mol. The Morgan fingerprint density at radius 1 is 1.12 bits per heavy atom. The van der Waals surface area contributed by atoms with Crippen molar-refractivity contribution in [3.63, 3.8) is 0 Å². The molecule has 2 aromatic rings. The van der Waals surface area contributed by atoms with Crippen LogP contribution < -0.4 is 0 Å². The molecule has 0 saturated carbocycles. The van der Waals surface area contributed by atoms with Crippen LogP contribution in [-0.4, -0.2) is 38.8 Å². The van der Waals surface area contributed by atoms with Gasteiger partial charge in [0.2, 0.25) is 5.12 Å². The maximum absolute atomic E-state index is 13.0. The van der Waals surface area contributed by atoms with E-state index in [-0.39, 0.29) is 16.4 Å². The first-order chi connectivity index (χ1) is 15.2. The van der Waals surface area contributed by atoms with Gasteiger partial charge < -0.3 is 10.2 Å². The van der Waals surface area contributed by atoms with Crippen molar-refractivity contribution in [1.82, 2.24) is 0 Å². The summed E-state index contributed by atoms with van der Waals surface area (Å²) in [5.74, 6) is -0.899. The van der Waals surface area contributed by atoms with Gasteiger partial charge in [0.15, 0.2) is 0 Å². The number of benzene rings is 2. The highest BCUT2D eigenvalue weighted by molar-refractivity contribution is 8.16. The Morgan fingerprint density at radius 3 is 2.16 bits per heavy atom. The maximum atomic E-state index is 13.0. The van der Waals surface area contributed by atoms with E-state index in [0.717, 1.165) is 34.0 Å². The number of carboxylic acid groups (broad SMARTS) is 1. The number of nitrogens with zero attached hydrogens (tertiary/aromatic N) is 1. The van der Waals surface area contributed by atoms with Gasteiger partial charge in [0.25, 0.3) is 0 Å². The normalized spacial score (nSPS) is 25.1. The molecule has 0 aliphatic carbocycles. The van der Waals surface area contributed by atoms with E-state index in [1.54, 1.807) is 36.6 Å². The standard InChI is InChI=1S/C26H23NO4S/c1-4-16(2)13-25(3)22(28)21(24(31)32-25)26(14-27-15-26)20-11-9-18(10-12-20)17-5-7-19(8-6-17)23(29)30/h4-14,28H,1,15H2,2-3H3,(H,29,30)/b16-13+. The molecule has 2 aliphatic heterocycles. The lowest BCUT2D eigenvalue weighted by Gasteiger charge is -2.35. The van der Waals surface area contributed by atoms with Crippen molar-refractivity contribution in [1.29, 1.82) is 0 Å². The predicted octanol–water partition coefficient (Wildman–Crippen LogP) is 5.35. The summed E-state index contributed by atoms with van der Waals surface area (Å²) in [7, 11) is 0. The van der Waals surface area contributed by atoms with Gasteiger partial charge in [0, 0.05) is 6.21 Å². The third-order valence-corrected chi connectivity index (χ3v) is 7.13. The number of aromatic carboxylic acids is 1. The molecule has 2 aromatic carbocycles. The first-order valence-electron chi connectivity index (χ1n) is 10.1. The van der Waals surface area contributed by atoms with Gasteiger partial charge in [-0.2, -0.15) is 0 Å². The molecule has 6 heteroatoms. The van der Waals surface area contributed by atoms with E-state index in [4.69, 9.17) is 5.11 Å². The van der Waals surface area contributed by atoms with Crippen LogP contribution in [0, 0.1) is 0 Å². The maximum Gasteiger partial charge on any atom is 0.335 e. The Morgan fingerprint density at radius 2 is 1.69 bits per heavy atom. The number of hydrogen-bond acceptors (Lipinski definition) is 5. The Balaban J connectivity index is 1.71. The van der Waals surface area contributed by atoms with E-state index in [0.29, 0.717) is 12.1 Å². The average molecular weight is 446 g/mol. The van der Waals surface area contributed by atoms with Gasteiger partial charge in [-0.1, -0.05) is 72.5 Å². The molecular formula is C26H23NO4S. The largest absolute Gasteiger partial charge is 0.510 e. The van der Waals surface area contributed by atoms with Gasteiger partial charge in [-0.25, -0.2) is 4.79 Å². The summed E-state index contributed by atoms with van der Waals surface area (Å²) in [6, 6.07) is 14.4. The zero-order chi connectivity index (χ0) is 23.1. The molecule has 2 aliphatic rings. The molecule has 0 spiro atoms. The van der Waals surface area contributed by atoms with Crippen molar-refractivity contribution in [3.05, 3.63) is 95.3 Å². The van der Waals surface area contributed by atoms with Gasteiger partial charge in [0.05, 0.1) is 27.8 Å². The lowest BCUT2D eigenvalue weighted by Crippen LogP contribution is -2.43. The predicted molar refractivity (Wildman–Crippen MR) is 128 cm³/mol. The van der Waals surface area contributed by atoms with Crippen LogP contribution in [-0.2, 0) is 10.2 Å². The van der Waals surface area contributed by atoms with Crippen LogP contribution in [0.25, 0.3) is 11.1 Å². The summed E-state index contributed by atoms with van der Waals surface area (Å²) in [4.78, 5) is 28.4. The third kappa shape index (κ3) is 3.50. The highest BCUT2D eigenvalue weighted by Gasteiger charge is 2.53. The number of carbonyl (C=O) groups excluding carboxylic acids is 1. The van der Waals surface area contributed by atoms with Gasteiger partial charge in [-0.3, -0.25) is 9.79 Å². The van der Waals surface area contributed by atoms with Crippen LogP contribution >= 0.6 is 11.8 Å². The second-order valence-corrected chi connectivity index (χ2v) is 9.64. The molecule has 0 fully saturated rings. The molecule has 0 bridgehead atoms. The number of hydrogen-bond donors (Lipinski definition) is 2. The molecule has 5 nitrogen and oxygen atoms in total. The molecule has 0 radical (unpaired) electrons. The van der Waals surface area contributed by atoms with Gasteiger partial charge >= 0.3 is 5.97 Å². The fourth-order valence-corrected chi connectivity index (χ4v) is 5.32. The van der Waals surface area contributed by atoms with E-state index in [2.05, 4.69) is 11.6 Å². The van der Waals surface area contributed by atoms with Crippen molar-refractivity contribution in [2.75, 3.05) is 6.54 Å². The molecule has 2 heterocycles. The topological polar surface area (TPSA) is 87.0 Å². The molecule has 4 rings (SSSR count). The number of allylic oxidation sites excluding steroid dienone is 2. The lowest BCUT2D eigenvalue weighted by molar-refractivity contribution is -0.108. The van der Waals surface area contributed by atoms with Crippen LogP contribution in [0.2, 0.25) is 0 Å². The van der Waals surface area contributed by atoms with Crippen LogP contribution in [0.15, 0.2) is 89.2 Å². The number of thioether (sulfide) groups is 1. The highest BCUT2D eigenvalue weighted by Crippen LogP contribution is 2.51. The number of carboxylic acids is 1. The molecule has 2 atom stereocenters. The van der Waals surface area contributed by atoms with Gasteiger partial charge in [-0.15, -0.1) is 0 Å². The quantitative estimate of drug-likeness (QED) is 0.585. The van der Waals surface area contributed by atoms with E-state index < -0.39 is 16.1 Å². The fourth-order valence-electron chi connectivity index (χ4n) is 4.11. The van der Waals surface area contributed by atoms with Crippen molar-refractivity contribution < 1.29 is 19.8 Å². The Hall–Kier alpha value is -3.38. The number of aliphatic hydroxyl groups is 1. The van der Waals surface area contributed by atoms with Crippen molar-refractivity contribution in [2.24, 2.45) is 4.99 Å². The molecule has 0 amide bonds. The zero-order valence-electron chi connectivity index (χ0n) is 17.8. The first-order valence-corrected chi connectivity index (χ1v) is 11.0. The first kappa shape index (κ1) is 21.8. The lowest BCUT2D eigenvalue weighted by atomic mass is 9.70. The zero-order valence-corrected chi connectivity index (χ0v) is 18.6. The molecule has 32 heavy (non-hydrogen) atoms. The molecule has 0 saturated heterocycles. The van der Waals surface area contributed by atoms with Crippen LogP contribution in [0.3, 0.4) is 0 Å². The van der Waals surface area contributed by atoms with Gasteiger partial charge in [0.1, 0.15) is 5.76 Å². The highest BCUT2D eigenvalue weighted by atomic mass is 32.2. The van der Waals surface area contributed by atoms with Crippen LogP contribution in [0.1, 0.15) is 29.8 Å². The molecule has 0 aromatic heterocycles. The minimum absolute atomic E-state index is 0.0631. The van der Waals surface area contributed by atoms with E-state index >= 15 is 0 Å². The average Bonchev–Trinajstić information content (AvgIpc) is 2.96. The Labute approximate surface area is 190 Å². The minimum atomic E-state index is -0.963. The van der Waals surface area contributed by atoms with Crippen LogP contribution in [0.5, 0.6) is 0 Å². The smallest absolute Gasteiger partial charge is 0.335 e. The molecular weight excluding hydrogens is 422 g/mol. The summed E-state index contributed by atoms with van der Waals surface area (Å²) in [5, 5.41) is 20.1. The van der Waals surface area contributed by atoms with Crippen molar-refractivity contribution in [2.45, 2.75) is 24.0 Å².